The highest BCUT2D eigenvalue weighted by atomic mass is 16.5. The standard InChI is InChI=1S/C25H30N4O5/c1-31-20-14-18(15-21(32-2)24(20)33-3)25-27-22(34-28-25)10-6-11-23(30)29-13-5-4-9-19(29)17-8-7-12-26-16-17/h7-8,12,14-16,19H,4-6,9-11,13H2,1-3H3/t19-/m1/s1. The van der Waals surface area contributed by atoms with Gasteiger partial charge in [0.05, 0.1) is 27.4 Å². The highest BCUT2D eigenvalue weighted by molar-refractivity contribution is 5.76. The number of aromatic nitrogens is 3. The zero-order valence-corrected chi connectivity index (χ0v) is 19.8. The van der Waals surface area contributed by atoms with E-state index in [2.05, 4.69) is 15.1 Å². The molecule has 0 unspecified atom stereocenters. The monoisotopic (exact) mass is 466 g/mol. The number of methoxy groups -OCH3 is 3. The van der Waals surface area contributed by atoms with Gasteiger partial charge in [-0.25, -0.2) is 0 Å². The minimum atomic E-state index is 0.102. The number of ether oxygens (including phenoxy) is 3. The van der Waals surface area contributed by atoms with Crippen LogP contribution in [0.25, 0.3) is 11.4 Å². The molecule has 1 aromatic carbocycles. The van der Waals surface area contributed by atoms with Crippen molar-refractivity contribution >= 4 is 5.91 Å². The fourth-order valence-electron chi connectivity index (χ4n) is 4.37. The summed E-state index contributed by atoms with van der Waals surface area (Å²) in [5.74, 6) is 2.58. The van der Waals surface area contributed by atoms with Gasteiger partial charge in [0.15, 0.2) is 11.5 Å². The molecule has 0 N–H and O–H groups in total. The molecule has 34 heavy (non-hydrogen) atoms. The van der Waals surface area contributed by atoms with Crippen LogP contribution >= 0.6 is 0 Å². The molecule has 1 saturated heterocycles. The van der Waals surface area contributed by atoms with Crippen LogP contribution in [-0.4, -0.2) is 53.8 Å². The maximum atomic E-state index is 13.0. The molecule has 1 fully saturated rings. The van der Waals surface area contributed by atoms with Gasteiger partial charge in [0.25, 0.3) is 0 Å². The average molecular weight is 467 g/mol. The average Bonchev–Trinajstić information content (AvgIpc) is 3.37. The highest BCUT2D eigenvalue weighted by Gasteiger charge is 2.27. The molecule has 1 aliphatic rings. The van der Waals surface area contributed by atoms with Crippen molar-refractivity contribution in [2.24, 2.45) is 0 Å². The van der Waals surface area contributed by atoms with E-state index in [4.69, 9.17) is 18.7 Å². The summed E-state index contributed by atoms with van der Waals surface area (Å²) < 4.78 is 21.6. The number of hydrogen-bond acceptors (Lipinski definition) is 8. The van der Waals surface area contributed by atoms with Crippen molar-refractivity contribution in [3.63, 3.8) is 0 Å². The third-order valence-corrected chi connectivity index (χ3v) is 6.06. The third kappa shape index (κ3) is 5.13. The summed E-state index contributed by atoms with van der Waals surface area (Å²) in [4.78, 5) is 23.7. The normalized spacial score (nSPS) is 15.7. The first-order valence-electron chi connectivity index (χ1n) is 11.5. The Balaban J connectivity index is 1.38. The van der Waals surface area contributed by atoms with Crippen molar-refractivity contribution in [3.8, 4) is 28.6 Å². The second-order valence-corrected chi connectivity index (χ2v) is 8.16. The van der Waals surface area contributed by atoms with Crippen LogP contribution in [0.3, 0.4) is 0 Å². The van der Waals surface area contributed by atoms with Crippen molar-refractivity contribution in [2.75, 3.05) is 27.9 Å². The lowest BCUT2D eigenvalue weighted by Crippen LogP contribution is -2.38. The molecule has 180 valence electrons. The number of carbonyl (C=O) groups excluding carboxylic acids is 1. The molecule has 9 nitrogen and oxygen atoms in total. The number of pyridine rings is 1. The van der Waals surface area contributed by atoms with Gasteiger partial charge in [-0.1, -0.05) is 11.2 Å². The number of carbonyl (C=O) groups is 1. The Labute approximate surface area is 199 Å². The predicted molar refractivity (Wildman–Crippen MR) is 125 cm³/mol. The Bertz CT molecular complexity index is 1080. The molecule has 0 bridgehead atoms. The smallest absolute Gasteiger partial charge is 0.226 e. The first-order chi connectivity index (χ1) is 16.6. The zero-order valence-electron chi connectivity index (χ0n) is 19.8. The summed E-state index contributed by atoms with van der Waals surface area (Å²) in [6, 6.07) is 7.62. The largest absolute Gasteiger partial charge is 0.493 e. The molecular weight excluding hydrogens is 436 g/mol. The molecule has 0 radical (unpaired) electrons. The summed E-state index contributed by atoms with van der Waals surface area (Å²) in [5, 5.41) is 4.09. The molecule has 9 heteroatoms. The number of likely N-dealkylation sites (tertiary alicyclic amines) is 1. The van der Waals surface area contributed by atoms with Gasteiger partial charge in [0.2, 0.25) is 23.4 Å². The van der Waals surface area contributed by atoms with Crippen LogP contribution in [0.1, 0.15) is 49.6 Å². The molecule has 3 aromatic rings. The van der Waals surface area contributed by atoms with Gasteiger partial charge in [0, 0.05) is 37.3 Å². The third-order valence-electron chi connectivity index (χ3n) is 6.06. The van der Waals surface area contributed by atoms with Crippen LogP contribution in [0.4, 0.5) is 0 Å². The second-order valence-electron chi connectivity index (χ2n) is 8.16. The van der Waals surface area contributed by atoms with Gasteiger partial charge in [-0.3, -0.25) is 9.78 Å². The molecule has 0 saturated carbocycles. The first-order valence-corrected chi connectivity index (χ1v) is 11.5. The van der Waals surface area contributed by atoms with Gasteiger partial charge in [-0.05, 0) is 49.4 Å². The van der Waals surface area contributed by atoms with E-state index in [0.717, 1.165) is 31.4 Å². The van der Waals surface area contributed by atoms with Crippen LogP contribution in [0.2, 0.25) is 0 Å². The van der Waals surface area contributed by atoms with Crippen LogP contribution in [0.5, 0.6) is 17.2 Å². The van der Waals surface area contributed by atoms with E-state index in [0.29, 0.717) is 53.8 Å². The molecule has 2 aromatic heterocycles. The number of hydrogen-bond donors (Lipinski definition) is 0. The summed E-state index contributed by atoms with van der Waals surface area (Å²) in [6.07, 6.45) is 8.33. The number of aryl methyl sites for hydroxylation is 1. The van der Waals surface area contributed by atoms with E-state index in [9.17, 15) is 4.79 Å². The van der Waals surface area contributed by atoms with Crippen molar-refractivity contribution in [1.82, 2.24) is 20.0 Å². The van der Waals surface area contributed by atoms with Crippen molar-refractivity contribution in [1.29, 1.82) is 0 Å². The fraction of sp³-hybridized carbons (Fsp3) is 0.440. The lowest BCUT2D eigenvalue weighted by molar-refractivity contribution is -0.135. The van der Waals surface area contributed by atoms with Crippen molar-refractivity contribution in [3.05, 3.63) is 48.1 Å². The molecule has 1 aliphatic heterocycles. The van der Waals surface area contributed by atoms with Gasteiger partial charge >= 0.3 is 0 Å². The summed E-state index contributed by atoms with van der Waals surface area (Å²) in [7, 11) is 4.67. The van der Waals surface area contributed by atoms with Gasteiger partial charge in [-0.2, -0.15) is 4.98 Å². The Morgan fingerprint density at radius 2 is 1.94 bits per heavy atom. The Hall–Kier alpha value is -3.62. The summed E-state index contributed by atoms with van der Waals surface area (Å²) >= 11 is 0. The molecule has 1 atom stereocenters. The lowest BCUT2D eigenvalue weighted by atomic mass is 9.96. The number of benzene rings is 1. The molecular formula is C25H30N4O5. The van der Waals surface area contributed by atoms with Gasteiger partial charge in [0.1, 0.15) is 0 Å². The van der Waals surface area contributed by atoms with Crippen LogP contribution in [0.15, 0.2) is 41.2 Å². The minimum absolute atomic E-state index is 0.102. The zero-order chi connectivity index (χ0) is 23.9. The molecule has 1 amide bonds. The maximum Gasteiger partial charge on any atom is 0.226 e. The van der Waals surface area contributed by atoms with Crippen molar-refractivity contribution < 1.29 is 23.5 Å². The van der Waals surface area contributed by atoms with Crippen LogP contribution in [0, 0.1) is 0 Å². The maximum absolute atomic E-state index is 13.0. The molecule has 4 rings (SSSR count). The van der Waals surface area contributed by atoms with E-state index in [1.165, 1.54) is 0 Å². The topological polar surface area (TPSA) is 99.8 Å². The fourth-order valence-corrected chi connectivity index (χ4v) is 4.37. The van der Waals surface area contributed by atoms with Crippen LogP contribution < -0.4 is 14.2 Å². The van der Waals surface area contributed by atoms with E-state index in [1.807, 2.05) is 23.2 Å². The molecule has 0 aliphatic carbocycles. The van der Waals surface area contributed by atoms with Gasteiger partial charge in [-0.15, -0.1) is 0 Å². The number of nitrogens with zero attached hydrogens (tertiary/aromatic N) is 4. The van der Waals surface area contributed by atoms with Gasteiger partial charge < -0.3 is 23.6 Å². The Morgan fingerprint density at radius 1 is 1.15 bits per heavy atom. The van der Waals surface area contributed by atoms with E-state index in [1.54, 1.807) is 39.7 Å². The first kappa shape index (κ1) is 23.5. The Morgan fingerprint density at radius 3 is 2.62 bits per heavy atom. The number of piperidine rings is 1. The lowest BCUT2D eigenvalue weighted by Gasteiger charge is -2.36. The molecule has 3 heterocycles. The summed E-state index contributed by atoms with van der Waals surface area (Å²) in [6.45, 7) is 0.782. The van der Waals surface area contributed by atoms with E-state index >= 15 is 0 Å². The minimum Gasteiger partial charge on any atom is -0.493 e. The SMILES string of the molecule is COc1cc(-c2noc(CCCC(=O)N3CCCC[C@@H]3c3cccnc3)n2)cc(OC)c1OC. The number of amides is 1. The quantitative estimate of drug-likeness (QED) is 0.462. The Kier molecular flexibility index (Phi) is 7.61. The van der Waals surface area contributed by atoms with Crippen molar-refractivity contribution in [2.45, 2.75) is 44.6 Å². The van der Waals surface area contributed by atoms with E-state index < -0.39 is 0 Å². The highest BCUT2D eigenvalue weighted by Crippen LogP contribution is 2.40. The second kappa shape index (κ2) is 11.0. The predicted octanol–water partition coefficient (Wildman–Crippen LogP) is 4.23. The van der Waals surface area contributed by atoms with E-state index in [-0.39, 0.29) is 11.9 Å². The van der Waals surface area contributed by atoms with Crippen LogP contribution in [-0.2, 0) is 11.2 Å². The number of rotatable bonds is 9. The molecule has 0 spiro atoms. The summed E-state index contributed by atoms with van der Waals surface area (Å²) in [5.41, 5.74) is 1.79.